The highest BCUT2D eigenvalue weighted by Gasteiger charge is 2.21. The molecule has 0 saturated carbocycles. The Bertz CT molecular complexity index is 981. The van der Waals surface area contributed by atoms with Gasteiger partial charge < -0.3 is 14.8 Å². The molecular formula is C24H28N2O2. The fourth-order valence-electron chi connectivity index (χ4n) is 3.84. The van der Waals surface area contributed by atoms with Crippen molar-refractivity contribution < 1.29 is 9.52 Å². The summed E-state index contributed by atoms with van der Waals surface area (Å²) in [5.74, 6) is 0.785. The molecule has 4 rings (SSSR count). The minimum atomic E-state index is -0.279. The van der Waals surface area contributed by atoms with Gasteiger partial charge >= 0.3 is 0 Å². The van der Waals surface area contributed by atoms with Crippen LogP contribution in [-0.4, -0.2) is 16.2 Å². The molecule has 2 N–H and O–H groups in total. The molecule has 0 bridgehead atoms. The molecule has 28 heavy (non-hydrogen) atoms. The van der Waals surface area contributed by atoms with Crippen LogP contribution in [0.2, 0.25) is 0 Å². The van der Waals surface area contributed by atoms with Gasteiger partial charge in [-0.1, -0.05) is 57.2 Å². The first-order valence-corrected chi connectivity index (χ1v) is 9.95. The Morgan fingerprint density at radius 1 is 1.11 bits per heavy atom. The number of anilines is 2. The van der Waals surface area contributed by atoms with Gasteiger partial charge in [0.25, 0.3) is 6.01 Å². The lowest BCUT2D eigenvalue weighted by molar-refractivity contribution is 0.159. The number of aryl methyl sites for hydroxylation is 2. The molecular weight excluding hydrogens is 348 g/mol. The SMILES string of the molecule is Cc1nc(Nc2cccc3c2CC(O)CC3)oc1-c1ccc(C(C)(C)C)cc1. The maximum Gasteiger partial charge on any atom is 0.299 e. The predicted octanol–water partition coefficient (Wildman–Crippen LogP) is 5.54. The summed E-state index contributed by atoms with van der Waals surface area (Å²) in [5.41, 5.74) is 6.71. The van der Waals surface area contributed by atoms with Crippen molar-refractivity contribution in [3.8, 4) is 11.3 Å². The monoisotopic (exact) mass is 376 g/mol. The number of oxazole rings is 1. The quantitative estimate of drug-likeness (QED) is 0.630. The van der Waals surface area contributed by atoms with Crippen LogP contribution in [0, 0.1) is 6.92 Å². The van der Waals surface area contributed by atoms with Crippen LogP contribution in [0.5, 0.6) is 0 Å². The van der Waals surface area contributed by atoms with Gasteiger partial charge in [0, 0.05) is 17.7 Å². The largest absolute Gasteiger partial charge is 0.423 e. The second-order valence-electron chi connectivity index (χ2n) is 8.73. The molecule has 0 saturated heterocycles. The molecule has 0 spiro atoms. The highest BCUT2D eigenvalue weighted by molar-refractivity contribution is 5.65. The first kappa shape index (κ1) is 18.8. The molecule has 0 amide bonds. The van der Waals surface area contributed by atoms with Gasteiger partial charge in [0.2, 0.25) is 0 Å². The molecule has 1 unspecified atom stereocenters. The van der Waals surface area contributed by atoms with E-state index in [2.05, 4.69) is 61.4 Å². The fraction of sp³-hybridized carbons (Fsp3) is 0.375. The Kier molecular flexibility index (Phi) is 4.76. The maximum absolute atomic E-state index is 10.1. The van der Waals surface area contributed by atoms with E-state index >= 15 is 0 Å². The van der Waals surface area contributed by atoms with Crippen LogP contribution in [0.25, 0.3) is 11.3 Å². The number of aliphatic hydroxyl groups is 1. The van der Waals surface area contributed by atoms with Crippen molar-refractivity contribution in [2.75, 3.05) is 5.32 Å². The molecule has 1 heterocycles. The molecule has 1 aromatic heterocycles. The lowest BCUT2D eigenvalue weighted by Crippen LogP contribution is -2.19. The summed E-state index contributed by atoms with van der Waals surface area (Å²) < 4.78 is 6.06. The van der Waals surface area contributed by atoms with Crippen molar-refractivity contribution in [1.82, 2.24) is 4.98 Å². The highest BCUT2D eigenvalue weighted by Crippen LogP contribution is 2.33. The van der Waals surface area contributed by atoms with Crippen LogP contribution < -0.4 is 5.32 Å². The highest BCUT2D eigenvalue weighted by atomic mass is 16.4. The summed E-state index contributed by atoms with van der Waals surface area (Å²) in [5, 5.41) is 13.4. The third kappa shape index (κ3) is 3.69. The maximum atomic E-state index is 10.1. The van der Waals surface area contributed by atoms with Gasteiger partial charge in [-0.25, -0.2) is 0 Å². The minimum Gasteiger partial charge on any atom is -0.423 e. The van der Waals surface area contributed by atoms with Gasteiger partial charge in [0.1, 0.15) is 0 Å². The van der Waals surface area contributed by atoms with Gasteiger partial charge in [-0.2, -0.15) is 4.98 Å². The van der Waals surface area contributed by atoms with Crippen LogP contribution in [0.15, 0.2) is 46.9 Å². The van der Waals surface area contributed by atoms with Crippen molar-refractivity contribution in [3.63, 3.8) is 0 Å². The number of aromatic nitrogens is 1. The average molecular weight is 377 g/mol. The van der Waals surface area contributed by atoms with Gasteiger partial charge in [0.15, 0.2) is 5.76 Å². The zero-order chi connectivity index (χ0) is 19.9. The van der Waals surface area contributed by atoms with Crippen molar-refractivity contribution in [2.45, 2.75) is 58.5 Å². The van der Waals surface area contributed by atoms with Crippen LogP contribution in [-0.2, 0) is 18.3 Å². The Labute approximate surface area is 166 Å². The summed E-state index contributed by atoms with van der Waals surface area (Å²) in [6, 6.07) is 15.2. The Morgan fingerprint density at radius 2 is 1.86 bits per heavy atom. The van der Waals surface area contributed by atoms with E-state index in [0.29, 0.717) is 12.4 Å². The number of fused-ring (bicyclic) bond motifs is 1. The number of hydrogen-bond donors (Lipinski definition) is 2. The number of aliphatic hydroxyl groups excluding tert-OH is 1. The Balaban J connectivity index is 1.61. The lowest BCUT2D eigenvalue weighted by Gasteiger charge is -2.23. The topological polar surface area (TPSA) is 58.3 Å². The molecule has 4 heteroatoms. The summed E-state index contributed by atoms with van der Waals surface area (Å²) in [7, 11) is 0. The summed E-state index contributed by atoms with van der Waals surface area (Å²) in [4.78, 5) is 4.58. The second kappa shape index (κ2) is 7.10. The van der Waals surface area contributed by atoms with Gasteiger partial charge in [-0.05, 0) is 47.9 Å². The van der Waals surface area contributed by atoms with Gasteiger partial charge in [0.05, 0.1) is 11.8 Å². The van der Waals surface area contributed by atoms with Crippen molar-refractivity contribution in [3.05, 3.63) is 64.8 Å². The summed E-state index contributed by atoms with van der Waals surface area (Å²) in [6.07, 6.45) is 2.11. The van der Waals surface area contributed by atoms with Crippen molar-refractivity contribution in [2.24, 2.45) is 0 Å². The standard InChI is InChI=1S/C24H28N2O2/c1-15-22(17-8-11-18(12-9-17)24(2,3)4)28-23(25-15)26-21-7-5-6-16-10-13-19(27)14-20(16)21/h5-9,11-12,19,27H,10,13-14H2,1-4H3,(H,25,26). The Hall–Kier alpha value is -2.59. The van der Waals surface area contributed by atoms with E-state index in [0.717, 1.165) is 41.1 Å². The van der Waals surface area contributed by atoms with Gasteiger partial charge in [-0.15, -0.1) is 0 Å². The first-order valence-electron chi connectivity index (χ1n) is 9.95. The van der Waals surface area contributed by atoms with Crippen molar-refractivity contribution in [1.29, 1.82) is 0 Å². The van der Waals surface area contributed by atoms with E-state index in [1.165, 1.54) is 11.1 Å². The molecule has 0 aliphatic heterocycles. The first-order chi connectivity index (χ1) is 13.3. The van der Waals surface area contributed by atoms with Gasteiger partial charge in [-0.3, -0.25) is 0 Å². The number of nitrogens with one attached hydrogen (secondary N) is 1. The third-order valence-electron chi connectivity index (χ3n) is 5.51. The van der Waals surface area contributed by atoms with Crippen molar-refractivity contribution >= 4 is 11.7 Å². The van der Waals surface area contributed by atoms with E-state index in [9.17, 15) is 5.11 Å². The zero-order valence-corrected chi connectivity index (χ0v) is 17.0. The smallest absolute Gasteiger partial charge is 0.299 e. The number of hydrogen-bond acceptors (Lipinski definition) is 4. The minimum absolute atomic E-state index is 0.124. The van der Waals surface area contributed by atoms with E-state index < -0.39 is 0 Å². The summed E-state index contributed by atoms with van der Waals surface area (Å²) in [6.45, 7) is 8.59. The number of nitrogens with zero attached hydrogens (tertiary/aromatic N) is 1. The molecule has 3 aromatic rings. The molecule has 0 fully saturated rings. The van der Waals surface area contributed by atoms with E-state index in [1.54, 1.807) is 0 Å². The zero-order valence-electron chi connectivity index (χ0n) is 17.0. The molecule has 146 valence electrons. The lowest BCUT2D eigenvalue weighted by atomic mass is 9.86. The number of benzene rings is 2. The van der Waals surface area contributed by atoms with Crippen LogP contribution >= 0.6 is 0 Å². The predicted molar refractivity (Wildman–Crippen MR) is 113 cm³/mol. The van der Waals surface area contributed by atoms with Crippen LogP contribution in [0.1, 0.15) is 49.6 Å². The molecule has 2 aromatic carbocycles. The molecule has 4 nitrogen and oxygen atoms in total. The second-order valence-corrected chi connectivity index (χ2v) is 8.73. The van der Waals surface area contributed by atoms with E-state index in [1.807, 2.05) is 19.1 Å². The molecule has 1 atom stereocenters. The van der Waals surface area contributed by atoms with Crippen LogP contribution in [0.3, 0.4) is 0 Å². The number of rotatable bonds is 3. The average Bonchev–Trinajstić information content (AvgIpc) is 3.02. The summed E-state index contributed by atoms with van der Waals surface area (Å²) >= 11 is 0. The fourth-order valence-corrected chi connectivity index (χ4v) is 3.84. The molecule has 1 aliphatic rings. The van der Waals surface area contributed by atoms with E-state index in [-0.39, 0.29) is 11.5 Å². The van der Waals surface area contributed by atoms with E-state index in [4.69, 9.17) is 4.42 Å². The normalized spacial score (nSPS) is 16.7. The van der Waals surface area contributed by atoms with Crippen LogP contribution in [0.4, 0.5) is 11.7 Å². The Morgan fingerprint density at radius 3 is 2.57 bits per heavy atom. The molecule has 0 radical (unpaired) electrons. The molecule has 1 aliphatic carbocycles. The third-order valence-corrected chi connectivity index (χ3v) is 5.51.